The predicted molar refractivity (Wildman–Crippen MR) is 54.0 cm³/mol. The van der Waals surface area contributed by atoms with Crippen LogP contribution in [0.2, 0.25) is 5.02 Å². The van der Waals surface area contributed by atoms with E-state index >= 15 is 0 Å². The van der Waals surface area contributed by atoms with E-state index in [2.05, 4.69) is 4.98 Å². The van der Waals surface area contributed by atoms with Gasteiger partial charge in [0.05, 0.1) is 6.10 Å². The first-order valence-corrected chi connectivity index (χ1v) is 4.78. The maximum Gasteiger partial charge on any atom is 0.0794 e. The van der Waals surface area contributed by atoms with Crippen LogP contribution < -0.4 is 0 Å². The molecule has 72 valence electrons. The Morgan fingerprint density at radius 2 is 2.23 bits per heavy atom. The zero-order valence-electron chi connectivity index (χ0n) is 8.13. The quantitative estimate of drug-likeness (QED) is 0.795. The highest BCUT2D eigenvalue weighted by atomic mass is 35.5. The van der Waals surface area contributed by atoms with Crippen molar-refractivity contribution in [2.75, 3.05) is 0 Å². The van der Waals surface area contributed by atoms with Crippen LogP contribution in [0.15, 0.2) is 6.07 Å². The van der Waals surface area contributed by atoms with E-state index in [0.717, 1.165) is 23.4 Å². The zero-order valence-corrected chi connectivity index (χ0v) is 8.89. The molecule has 0 aromatic carbocycles. The van der Waals surface area contributed by atoms with Gasteiger partial charge in [-0.3, -0.25) is 4.98 Å². The van der Waals surface area contributed by atoms with E-state index in [1.807, 2.05) is 19.9 Å². The van der Waals surface area contributed by atoms with Crippen LogP contribution in [-0.2, 0) is 6.42 Å². The molecule has 1 rings (SSSR count). The molecule has 0 spiro atoms. The van der Waals surface area contributed by atoms with Crippen molar-refractivity contribution in [2.45, 2.75) is 33.3 Å². The molecule has 1 aromatic rings. The fourth-order valence-electron chi connectivity index (χ4n) is 1.39. The van der Waals surface area contributed by atoms with Crippen LogP contribution in [0.25, 0.3) is 0 Å². The van der Waals surface area contributed by atoms with Crippen molar-refractivity contribution >= 4 is 11.6 Å². The van der Waals surface area contributed by atoms with E-state index in [0.29, 0.717) is 5.02 Å². The number of hydrogen-bond acceptors (Lipinski definition) is 2. The van der Waals surface area contributed by atoms with Crippen LogP contribution in [0.1, 0.15) is 36.9 Å². The van der Waals surface area contributed by atoms with Gasteiger partial charge in [0.2, 0.25) is 0 Å². The second-order valence-electron chi connectivity index (χ2n) is 3.12. The van der Waals surface area contributed by atoms with Gasteiger partial charge >= 0.3 is 0 Å². The predicted octanol–water partition coefficient (Wildman–Crippen LogP) is 2.66. The van der Waals surface area contributed by atoms with Crippen molar-refractivity contribution in [1.29, 1.82) is 0 Å². The molecule has 0 amide bonds. The molecule has 2 nitrogen and oxygen atoms in total. The van der Waals surface area contributed by atoms with Gasteiger partial charge in [0, 0.05) is 22.0 Å². The highest BCUT2D eigenvalue weighted by Crippen LogP contribution is 2.25. The maximum absolute atomic E-state index is 9.42. The van der Waals surface area contributed by atoms with Crippen LogP contribution in [0.3, 0.4) is 0 Å². The first-order valence-electron chi connectivity index (χ1n) is 4.40. The molecule has 0 aliphatic heterocycles. The Hall–Kier alpha value is -0.600. The third kappa shape index (κ3) is 2.20. The molecule has 0 saturated heterocycles. The number of hydrogen-bond donors (Lipinski definition) is 1. The molecule has 1 heterocycles. The summed E-state index contributed by atoms with van der Waals surface area (Å²) in [4.78, 5) is 4.33. The van der Waals surface area contributed by atoms with Crippen molar-refractivity contribution in [1.82, 2.24) is 4.98 Å². The normalized spacial score (nSPS) is 13.0. The molecule has 3 heteroatoms. The smallest absolute Gasteiger partial charge is 0.0794 e. The van der Waals surface area contributed by atoms with Crippen LogP contribution in [0.5, 0.6) is 0 Å². The Labute approximate surface area is 83.6 Å². The lowest BCUT2D eigenvalue weighted by Crippen LogP contribution is -2.01. The molecule has 1 unspecified atom stereocenters. The summed E-state index contributed by atoms with van der Waals surface area (Å²) in [6, 6.07) is 1.82. The molecule has 0 saturated carbocycles. The molecule has 0 aliphatic carbocycles. The fourth-order valence-corrected chi connectivity index (χ4v) is 1.81. The standard InChI is InChI=1S/C10H14ClNO/c1-4-8-5-9(11)10(7(3)13)6(2)12-8/h5,7,13H,4H2,1-3H3. The van der Waals surface area contributed by atoms with Crippen LogP contribution in [-0.4, -0.2) is 10.1 Å². The maximum atomic E-state index is 9.42. The average Bonchev–Trinajstić information content (AvgIpc) is 2.02. The molecule has 13 heavy (non-hydrogen) atoms. The minimum atomic E-state index is -0.550. The number of nitrogens with zero attached hydrogens (tertiary/aromatic N) is 1. The van der Waals surface area contributed by atoms with Crippen LogP contribution in [0.4, 0.5) is 0 Å². The van der Waals surface area contributed by atoms with Crippen molar-refractivity contribution in [3.05, 3.63) is 28.0 Å². The number of aliphatic hydroxyl groups excluding tert-OH is 1. The summed E-state index contributed by atoms with van der Waals surface area (Å²) in [5, 5.41) is 10.0. The lowest BCUT2D eigenvalue weighted by molar-refractivity contribution is 0.198. The highest BCUT2D eigenvalue weighted by molar-refractivity contribution is 6.31. The van der Waals surface area contributed by atoms with Gasteiger partial charge in [0.25, 0.3) is 0 Å². The lowest BCUT2D eigenvalue weighted by Gasteiger charge is -2.11. The molecule has 0 radical (unpaired) electrons. The molecule has 1 aromatic heterocycles. The van der Waals surface area contributed by atoms with Crippen molar-refractivity contribution in [3.8, 4) is 0 Å². The average molecular weight is 200 g/mol. The van der Waals surface area contributed by atoms with Crippen LogP contribution >= 0.6 is 11.6 Å². The third-order valence-corrected chi connectivity index (χ3v) is 2.34. The Morgan fingerprint density at radius 1 is 1.62 bits per heavy atom. The Kier molecular flexibility index (Phi) is 3.28. The van der Waals surface area contributed by atoms with Crippen molar-refractivity contribution in [3.63, 3.8) is 0 Å². The van der Waals surface area contributed by atoms with Gasteiger partial charge < -0.3 is 5.11 Å². The second kappa shape index (κ2) is 4.07. The summed E-state index contributed by atoms with van der Waals surface area (Å²) in [6.07, 6.45) is 0.312. The van der Waals surface area contributed by atoms with Crippen molar-refractivity contribution < 1.29 is 5.11 Å². The lowest BCUT2D eigenvalue weighted by atomic mass is 10.1. The van der Waals surface area contributed by atoms with Gasteiger partial charge in [0.15, 0.2) is 0 Å². The number of rotatable bonds is 2. The van der Waals surface area contributed by atoms with Crippen LogP contribution in [0, 0.1) is 6.92 Å². The number of aryl methyl sites for hydroxylation is 2. The van der Waals surface area contributed by atoms with Gasteiger partial charge in [-0.1, -0.05) is 18.5 Å². The van der Waals surface area contributed by atoms with Crippen molar-refractivity contribution in [2.24, 2.45) is 0 Å². The van der Waals surface area contributed by atoms with Gasteiger partial charge in [-0.15, -0.1) is 0 Å². The number of aliphatic hydroxyl groups is 1. The molecular formula is C10H14ClNO. The minimum absolute atomic E-state index is 0.550. The van der Waals surface area contributed by atoms with Gasteiger partial charge in [0.1, 0.15) is 0 Å². The monoisotopic (exact) mass is 199 g/mol. The minimum Gasteiger partial charge on any atom is -0.389 e. The Morgan fingerprint density at radius 3 is 2.62 bits per heavy atom. The van der Waals surface area contributed by atoms with E-state index in [9.17, 15) is 5.11 Å². The van der Waals surface area contributed by atoms with Gasteiger partial charge in [-0.25, -0.2) is 0 Å². The summed E-state index contributed by atoms with van der Waals surface area (Å²) in [7, 11) is 0. The van der Waals surface area contributed by atoms with Gasteiger partial charge in [-0.2, -0.15) is 0 Å². The van der Waals surface area contributed by atoms with E-state index in [-0.39, 0.29) is 0 Å². The van der Waals surface area contributed by atoms with E-state index in [4.69, 9.17) is 11.6 Å². The third-order valence-electron chi connectivity index (χ3n) is 2.03. The van der Waals surface area contributed by atoms with Gasteiger partial charge in [-0.05, 0) is 26.3 Å². The first kappa shape index (κ1) is 10.5. The zero-order chi connectivity index (χ0) is 10.0. The number of aromatic nitrogens is 1. The van der Waals surface area contributed by atoms with E-state index in [1.54, 1.807) is 6.92 Å². The molecule has 1 atom stereocenters. The topological polar surface area (TPSA) is 33.1 Å². The fraction of sp³-hybridized carbons (Fsp3) is 0.500. The van der Waals surface area contributed by atoms with E-state index < -0.39 is 6.10 Å². The molecule has 0 fully saturated rings. The molecule has 0 bridgehead atoms. The summed E-state index contributed by atoms with van der Waals surface area (Å²) in [6.45, 7) is 5.59. The Bertz CT molecular complexity index is 287. The summed E-state index contributed by atoms with van der Waals surface area (Å²) < 4.78 is 0. The molecular weight excluding hydrogens is 186 g/mol. The molecule has 1 N–H and O–H groups in total. The van der Waals surface area contributed by atoms with E-state index in [1.165, 1.54) is 0 Å². The largest absolute Gasteiger partial charge is 0.389 e. The second-order valence-corrected chi connectivity index (χ2v) is 3.53. The summed E-state index contributed by atoms with van der Waals surface area (Å²) in [5.74, 6) is 0. The first-order chi connectivity index (χ1) is 6.06. The number of pyridine rings is 1. The Balaban J connectivity index is 3.23. The summed E-state index contributed by atoms with van der Waals surface area (Å²) in [5.41, 5.74) is 2.52. The highest BCUT2D eigenvalue weighted by Gasteiger charge is 2.11. The SMILES string of the molecule is CCc1cc(Cl)c(C(C)O)c(C)n1. The molecule has 0 aliphatic rings. The number of halogens is 1. The summed E-state index contributed by atoms with van der Waals surface area (Å²) >= 11 is 6.01.